The molecular formula is C19H23ClN2O2. The average Bonchev–Trinajstić information content (AvgIpc) is 3.13. The van der Waals surface area contributed by atoms with Crippen LogP contribution in [0.25, 0.3) is 5.69 Å². The summed E-state index contributed by atoms with van der Waals surface area (Å²) in [5, 5.41) is 0.708. The van der Waals surface area contributed by atoms with Crippen molar-refractivity contribution < 1.29 is 9.53 Å². The van der Waals surface area contributed by atoms with Gasteiger partial charge in [-0.3, -0.25) is 9.69 Å². The van der Waals surface area contributed by atoms with Gasteiger partial charge in [0.25, 0.3) is 0 Å². The summed E-state index contributed by atoms with van der Waals surface area (Å²) in [6.07, 6.45) is 1.24. The van der Waals surface area contributed by atoms with Gasteiger partial charge in [0, 0.05) is 47.9 Å². The van der Waals surface area contributed by atoms with Gasteiger partial charge in [0.05, 0.1) is 12.6 Å². The number of carbonyl (C=O) groups excluding carboxylic acids is 1. The summed E-state index contributed by atoms with van der Waals surface area (Å²) in [6, 6.07) is 9.66. The van der Waals surface area contributed by atoms with Crippen LogP contribution in [0.15, 0.2) is 30.3 Å². The zero-order chi connectivity index (χ0) is 17.3. The highest BCUT2D eigenvalue weighted by Crippen LogP contribution is 2.23. The summed E-state index contributed by atoms with van der Waals surface area (Å²) in [6.45, 7) is 6.22. The van der Waals surface area contributed by atoms with Crippen LogP contribution in [0.2, 0.25) is 5.02 Å². The van der Waals surface area contributed by atoms with Crippen LogP contribution >= 0.6 is 11.6 Å². The summed E-state index contributed by atoms with van der Waals surface area (Å²) in [4.78, 5) is 14.9. The van der Waals surface area contributed by atoms with Crippen LogP contribution < -0.4 is 0 Å². The number of nitrogens with zero attached hydrogens (tertiary/aromatic N) is 2. The summed E-state index contributed by atoms with van der Waals surface area (Å²) < 4.78 is 7.48. The van der Waals surface area contributed by atoms with Crippen molar-refractivity contribution in [1.82, 2.24) is 9.47 Å². The van der Waals surface area contributed by atoms with Gasteiger partial charge in [-0.2, -0.15) is 0 Å². The van der Waals surface area contributed by atoms with E-state index >= 15 is 0 Å². The van der Waals surface area contributed by atoms with Gasteiger partial charge in [0.1, 0.15) is 0 Å². The molecule has 1 fully saturated rings. The van der Waals surface area contributed by atoms with Gasteiger partial charge >= 0.3 is 0 Å². The van der Waals surface area contributed by atoms with E-state index in [9.17, 15) is 4.79 Å². The van der Waals surface area contributed by atoms with Gasteiger partial charge < -0.3 is 9.30 Å². The number of benzene rings is 1. The van der Waals surface area contributed by atoms with E-state index in [4.69, 9.17) is 16.3 Å². The maximum atomic E-state index is 12.8. The van der Waals surface area contributed by atoms with E-state index in [1.54, 1.807) is 7.11 Å². The molecule has 128 valence electrons. The first kappa shape index (κ1) is 17.2. The fraction of sp³-hybridized carbons (Fsp3) is 0.421. The van der Waals surface area contributed by atoms with Crippen LogP contribution in [-0.2, 0) is 4.74 Å². The standard InChI is InChI=1S/C19H23ClN2O2/c1-13-10-18(19(23)12-21-9-8-17(11-21)24-3)14(2)22(13)16-6-4-15(20)5-7-16/h4-7,10,17H,8-9,11-12H2,1-3H3. The van der Waals surface area contributed by atoms with Gasteiger partial charge in [-0.25, -0.2) is 0 Å². The Balaban J connectivity index is 1.81. The van der Waals surface area contributed by atoms with E-state index in [-0.39, 0.29) is 11.9 Å². The Labute approximate surface area is 148 Å². The second-order valence-electron chi connectivity index (χ2n) is 6.40. The van der Waals surface area contributed by atoms with Gasteiger partial charge in [0.15, 0.2) is 5.78 Å². The molecule has 1 aromatic carbocycles. The minimum atomic E-state index is 0.167. The molecule has 0 spiro atoms. The van der Waals surface area contributed by atoms with Crippen LogP contribution in [0.3, 0.4) is 0 Å². The molecule has 1 saturated heterocycles. The van der Waals surface area contributed by atoms with E-state index in [2.05, 4.69) is 9.47 Å². The average molecular weight is 347 g/mol. The first-order valence-corrected chi connectivity index (χ1v) is 8.60. The highest BCUT2D eigenvalue weighted by Gasteiger charge is 2.25. The van der Waals surface area contributed by atoms with Crippen molar-refractivity contribution in [2.45, 2.75) is 26.4 Å². The quantitative estimate of drug-likeness (QED) is 0.775. The molecule has 0 N–H and O–H groups in total. The number of aromatic nitrogens is 1. The van der Waals surface area contributed by atoms with Crippen LogP contribution in [0.4, 0.5) is 0 Å². The smallest absolute Gasteiger partial charge is 0.178 e. The minimum absolute atomic E-state index is 0.167. The number of rotatable bonds is 5. The molecule has 4 nitrogen and oxygen atoms in total. The van der Waals surface area contributed by atoms with Gasteiger partial charge in [-0.15, -0.1) is 0 Å². The number of ketones is 1. The molecule has 0 bridgehead atoms. The van der Waals surface area contributed by atoms with E-state index in [0.717, 1.165) is 42.1 Å². The molecule has 1 aliphatic rings. The normalized spacial score (nSPS) is 18.2. The fourth-order valence-electron chi connectivity index (χ4n) is 3.45. The highest BCUT2D eigenvalue weighted by molar-refractivity contribution is 6.30. The fourth-order valence-corrected chi connectivity index (χ4v) is 3.58. The van der Waals surface area contributed by atoms with Crippen molar-refractivity contribution in [2.24, 2.45) is 0 Å². The van der Waals surface area contributed by atoms with E-state index in [0.29, 0.717) is 11.6 Å². The van der Waals surface area contributed by atoms with Crippen molar-refractivity contribution in [3.63, 3.8) is 0 Å². The molecule has 0 aliphatic carbocycles. The Morgan fingerprint density at radius 1 is 1.29 bits per heavy atom. The number of hydrogen-bond donors (Lipinski definition) is 0. The van der Waals surface area contributed by atoms with Gasteiger partial charge in [-0.05, 0) is 50.6 Å². The largest absolute Gasteiger partial charge is 0.380 e. The lowest BCUT2D eigenvalue weighted by molar-refractivity contribution is 0.0898. The summed E-state index contributed by atoms with van der Waals surface area (Å²) in [5.41, 5.74) is 3.84. The predicted molar refractivity (Wildman–Crippen MR) is 96.4 cm³/mol. The van der Waals surface area contributed by atoms with Crippen LogP contribution in [0, 0.1) is 13.8 Å². The lowest BCUT2D eigenvalue weighted by Crippen LogP contribution is -2.29. The first-order chi connectivity index (χ1) is 11.5. The number of aryl methyl sites for hydroxylation is 1. The zero-order valence-electron chi connectivity index (χ0n) is 14.4. The Hall–Kier alpha value is -1.62. The third-order valence-corrected chi connectivity index (χ3v) is 5.00. The lowest BCUT2D eigenvalue weighted by atomic mass is 10.1. The number of ether oxygens (including phenoxy) is 1. The third-order valence-electron chi connectivity index (χ3n) is 4.75. The number of hydrogen-bond acceptors (Lipinski definition) is 3. The molecule has 24 heavy (non-hydrogen) atoms. The second-order valence-corrected chi connectivity index (χ2v) is 6.84. The zero-order valence-corrected chi connectivity index (χ0v) is 15.1. The Bertz CT molecular complexity index is 737. The summed E-state index contributed by atoms with van der Waals surface area (Å²) in [5.74, 6) is 0.167. The number of Topliss-reactive ketones (excluding diaryl/α,β-unsaturated/α-hetero) is 1. The number of carbonyl (C=O) groups is 1. The van der Waals surface area contributed by atoms with Crippen LogP contribution in [-0.4, -0.2) is 48.1 Å². The molecule has 1 unspecified atom stereocenters. The maximum absolute atomic E-state index is 12.8. The molecule has 1 aliphatic heterocycles. The van der Waals surface area contributed by atoms with Gasteiger partial charge in [0.2, 0.25) is 0 Å². The van der Waals surface area contributed by atoms with Crippen molar-refractivity contribution in [2.75, 3.05) is 26.7 Å². The summed E-state index contributed by atoms with van der Waals surface area (Å²) >= 11 is 5.97. The SMILES string of the molecule is COC1CCN(CC(=O)c2cc(C)n(-c3ccc(Cl)cc3)c2C)C1. The van der Waals surface area contributed by atoms with E-state index in [1.165, 1.54) is 0 Å². The molecular weight excluding hydrogens is 324 g/mol. The summed E-state index contributed by atoms with van der Waals surface area (Å²) in [7, 11) is 1.73. The number of halogens is 1. The molecule has 1 atom stereocenters. The van der Waals surface area contributed by atoms with Crippen molar-refractivity contribution in [3.8, 4) is 5.69 Å². The predicted octanol–water partition coefficient (Wildman–Crippen LogP) is 3.65. The molecule has 0 radical (unpaired) electrons. The number of likely N-dealkylation sites (tertiary alicyclic amines) is 1. The van der Waals surface area contributed by atoms with Crippen molar-refractivity contribution >= 4 is 17.4 Å². The molecule has 1 aromatic heterocycles. The van der Waals surface area contributed by atoms with Crippen LogP contribution in [0.1, 0.15) is 28.2 Å². The van der Waals surface area contributed by atoms with Crippen molar-refractivity contribution in [3.05, 3.63) is 52.3 Å². The maximum Gasteiger partial charge on any atom is 0.178 e. The highest BCUT2D eigenvalue weighted by atomic mass is 35.5. The molecule has 0 saturated carbocycles. The lowest BCUT2D eigenvalue weighted by Gasteiger charge is -2.15. The Morgan fingerprint density at radius 3 is 2.62 bits per heavy atom. The van der Waals surface area contributed by atoms with E-state index < -0.39 is 0 Å². The molecule has 3 rings (SSSR count). The van der Waals surface area contributed by atoms with Crippen LogP contribution in [0.5, 0.6) is 0 Å². The topological polar surface area (TPSA) is 34.5 Å². The monoisotopic (exact) mass is 346 g/mol. The van der Waals surface area contributed by atoms with Crippen molar-refractivity contribution in [1.29, 1.82) is 0 Å². The Morgan fingerprint density at radius 2 is 2.00 bits per heavy atom. The van der Waals surface area contributed by atoms with Gasteiger partial charge in [-0.1, -0.05) is 11.6 Å². The molecule has 5 heteroatoms. The minimum Gasteiger partial charge on any atom is -0.380 e. The second kappa shape index (κ2) is 7.09. The first-order valence-electron chi connectivity index (χ1n) is 8.23. The molecule has 2 heterocycles. The Kier molecular flexibility index (Phi) is 5.09. The molecule has 0 amide bonds. The molecule has 2 aromatic rings. The number of methoxy groups -OCH3 is 1. The third kappa shape index (κ3) is 3.41. The van der Waals surface area contributed by atoms with E-state index in [1.807, 2.05) is 44.2 Å².